The number of aromatic nitrogens is 1. The molecule has 4 aromatic rings. The van der Waals surface area contributed by atoms with Crippen LogP contribution in [0, 0.1) is 6.92 Å². The third-order valence-electron chi connectivity index (χ3n) is 4.93. The van der Waals surface area contributed by atoms with Crippen molar-refractivity contribution in [1.82, 2.24) is 4.98 Å². The van der Waals surface area contributed by atoms with Crippen molar-refractivity contribution in [3.8, 4) is 0 Å². The van der Waals surface area contributed by atoms with Gasteiger partial charge in [0, 0.05) is 17.5 Å². The number of hydrogen-bond acceptors (Lipinski definition) is 4. The van der Waals surface area contributed by atoms with Crippen LogP contribution in [-0.2, 0) is 6.42 Å². The van der Waals surface area contributed by atoms with Crippen LogP contribution in [0.4, 0.5) is 0 Å². The van der Waals surface area contributed by atoms with Crippen molar-refractivity contribution < 1.29 is 29.7 Å². The third-order valence-corrected chi connectivity index (χ3v) is 4.93. The first-order valence-electron chi connectivity index (χ1n) is 9.98. The van der Waals surface area contributed by atoms with Gasteiger partial charge in [0.25, 0.3) is 0 Å². The highest BCUT2D eigenvalue weighted by molar-refractivity contribution is 5.94. The van der Waals surface area contributed by atoms with Gasteiger partial charge >= 0.3 is 17.9 Å². The van der Waals surface area contributed by atoms with Crippen LogP contribution in [0.2, 0.25) is 0 Å². The van der Waals surface area contributed by atoms with Crippen molar-refractivity contribution in [2.24, 2.45) is 0 Å². The maximum atomic E-state index is 11.0. The summed E-state index contributed by atoms with van der Waals surface area (Å²) in [5.41, 5.74) is 3.72. The molecular weight excluding hydrogens is 422 g/mol. The summed E-state index contributed by atoms with van der Waals surface area (Å²) in [6.45, 7) is 1.62. The van der Waals surface area contributed by atoms with Crippen LogP contribution in [-0.4, -0.2) is 38.2 Å². The Bertz CT molecular complexity index is 1350. The van der Waals surface area contributed by atoms with Gasteiger partial charge in [0.15, 0.2) is 0 Å². The van der Waals surface area contributed by atoms with Crippen LogP contribution >= 0.6 is 0 Å². The van der Waals surface area contributed by atoms with Gasteiger partial charge in [0.05, 0.1) is 22.2 Å². The van der Waals surface area contributed by atoms with Gasteiger partial charge < -0.3 is 15.3 Å². The second-order valence-corrected chi connectivity index (χ2v) is 7.32. The van der Waals surface area contributed by atoms with Crippen molar-refractivity contribution >= 4 is 28.8 Å². The third kappa shape index (κ3) is 6.01. The minimum Gasteiger partial charge on any atom is -0.478 e. The molecule has 0 atom stereocenters. The van der Waals surface area contributed by atoms with E-state index in [1.165, 1.54) is 12.1 Å². The highest BCUT2D eigenvalue weighted by Gasteiger charge is 2.10. The van der Waals surface area contributed by atoms with E-state index in [0.29, 0.717) is 17.5 Å². The lowest BCUT2D eigenvalue weighted by Gasteiger charge is -2.04. The first-order valence-corrected chi connectivity index (χ1v) is 9.98. The summed E-state index contributed by atoms with van der Waals surface area (Å²) in [5.74, 6) is -3.14. The predicted octanol–water partition coefficient (Wildman–Crippen LogP) is 4.92. The SMILES string of the molecule is Cc1ccc(C(=O)O)cc1C(=O)O.O=C(O)c1cccc(Cc2ccc3ccccc3n2)c1. The molecule has 0 saturated carbocycles. The molecule has 7 heteroatoms. The average molecular weight is 443 g/mol. The largest absolute Gasteiger partial charge is 0.478 e. The van der Waals surface area contributed by atoms with Crippen LogP contribution < -0.4 is 0 Å². The highest BCUT2D eigenvalue weighted by atomic mass is 16.4. The fraction of sp³-hybridized carbons (Fsp3) is 0.0769. The van der Waals surface area contributed by atoms with Gasteiger partial charge in [-0.15, -0.1) is 0 Å². The Morgan fingerprint density at radius 1 is 0.727 bits per heavy atom. The molecule has 0 fully saturated rings. The molecule has 0 radical (unpaired) electrons. The maximum Gasteiger partial charge on any atom is 0.335 e. The van der Waals surface area contributed by atoms with E-state index in [1.807, 2.05) is 42.5 Å². The highest BCUT2D eigenvalue weighted by Crippen LogP contribution is 2.15. The van der Waals surface area contributed by atoms with E-state index in [4.69, 9.17) is 15.3 Å². The zero-order chi connectivity index (χ0) is 24.0. The molecule has 0 amide bonds. The molecule has 0 aliphatic heterocycles. The zero-order valence-corrected chi connectivity index (χ0v) is 17.7. The normalized spacial score (nSPS) is 10.2. The predicted molar refractivity (Wildman–Crippen MR) is 123 cm³/mol. The summed E-state index contributed by atoms with van der Waals surface area (Å²) >= 11 is 0. The van der Waals surface area contributed by atoms with Gasteiger partial charge in [-0.1, -0.05) is 42.5 Å². The number of benzene rings is 3. The first kappa shape index (κ1) is 23.1. The molecule has 0 bridgehead atoms. The lowest BCUT2D eigenvalue weighted by Crippen LogP contribution is -2.03. The van der Waals surface area contributed by atoms with E-state index in [9.17, 15) is 14.4 Å². The Labute approximate surface area is 189 Å². The summed E-state index contributed by atoms with van der Waals surface area (Å²) in [4.78, 5) is 36.7. The number of carboxylic acids is 3. The number of aromatic carboxylic acids is 3. The van der Waals surface area contributed by atoms with Gasteiger partial charge in [-0.3, -0.25) is 4.98 Å². The molecule has 7 nitrogen and oxygen atoms in total. The summed E-state index contributed by atoms with van der Waals surface area (Å²) < 4.78 is 0. The van der Waals surface area contributed by atoms with Crippen LogP contribution in [0.3, 0.4) is 0 Å². The molecular formula is C26H21NO6. The molecule has 0 spiro atoms. The van der Waals surface area contributed by atoms with Crippen molar-refractivity contribution in [1.29, 1.82) is 0 Å². The van der Waals surface area contributed by atoms with Crippen molar-refractivity contribution in [3.63, 3.8) is 0 Å². The number of fused-ring (bicyclic) bond motifs is 1. The molecule has 1 aromatic heterocycles. The van der Waals surface area contributed by atoms with E-state index in [1.54, 1.807) is 25.1 Å². The van der Waals surface area contributed by atoms with Crippen LogP contribution in [0.1, 0.15) is 47.9 Å². The Balaban J connectivity index is 0.000000205. The minimum atomic E-state index is -1.12. The molecule has 33 heavy (non-hydrogen) atoms. The molecule has 0 aliphatic carbocycles. The smallest absolute Gasteiger partial charge is 0.335 e. The standard InChI is InChI=1S/C17H13NO2.C9H8O4/c19-17(20)14-6-3-4-12(10-14)11-15-9-8-13-5-1-2-7-16(13)18-15;1-5-2-3-6(8(10)11)4-7(5)9(12)13/h1-10H,11H2,(H,19,20);2-4H,1H3,(H,10,11)(H,12,13). The average Bonchev–Trinajstić information content (AvgIpc) is 2.79. The Morgan fingerprint density at radius 3 is 2.12 bits per heavy atom. The van der Waals surface area contributed by atoms with Gasteiger partial charge in [0.2, 0.25) is 0 Å². The van der Waals surface area contributed by atoms with E-state index < -0.39 is 17.9 Å². The van der Waals surface area contributed by atoms with Crippen LogP contribution in [0.5, 0.6) is 0 Å². The van der Waals surface area contributed by atoms with Gasteiger partial charge in [0.1, 0.15) is 0 Å². The van der Waals surface area contributed by atoms with Crippen molar-refractivity contribution in [2.75, 3.05) is 0 Å². The van der Waals surface area contributed by atoms with Crippen LogP contribution in [0.15, 0.2) is 78.9 Å². The van der Waals surface area contributed by atoms with Crippen molar-refractivity contribution in [2.45, 2.75) is 13.3 Å². The molecule has 1 heterocycles. The Kier molecular flexibility index (Phi) is 7.15. The topological polar surface area (TPSA) is 125 Å². The maximum absolute atomic E-state index is 11.0. The number of para-hydroxylation sites is 1. The number of carboxylic acid groups (broad SMARTS) is 3. The van der Waals surface area contributed by atoms with Gasteiger partial charge in [-0.2, -0.15) is 0 Å². The molecule has 0 aliphatic rings. The molecule has 3 N–H and O–H groups in total. The molecule has 166 valence electrons. The number of rotatable bonds is 5. The number of nitrogens with zero attached hydrogens (tertiary/aromatic N) is 1. The van der Waals surface area contributed by atoms with E-state index in [0.717, 1.165) is 28.2 Å². The minimum absolute atomic E-state index is 0.0111. The van der Waals surface area contributed by atoms with E-state index in [2.05, 4.69) is 4.98 Å². The number of pyridine rings is 1. The monoisotopic (exact) mass is 443 g/mol. The molecule has 4 rings (SSSR count). The van der Waals surface area contributed by atoms with Gasteiger partial charge in [-0.05, 0) is 54.4 Å². The Morgan fingerprint density at radius 2 is 1.42 bits per heavy atom. The van der Waals surface area contributed by atoms with Crippen LogP contribution in [0.25, 0.3) is 10.9 Å². The van der Waals surface area contributed by atoms with Gasteiger partial charge in [-0.25, -0.2) is 14.4 Å². The number of aryl methyl sites for hydroxylation is 1. The quantitative estimate of drug-likeness (QED) is 0.400. The number of hydrogen-bond donors (Lipinski definition) is 3. The van der Waals surface area contributed by atoms with Crippen molar-refractivity contribution in [3.05, 3.63) is 112 Å². The van der Waals surface area contributed by atoms with E-state index >= 15 is 0 Å². The summed E-state index contributed by atoms with van der Waals surface area (Å²) in [6.07, 6.45) is 0.631. The molecule has 3 aromatic carbocycles. The molecule has 0 unspecified atom stereocenters. The second-order valence-electron chi connectivity index (χ2n) is 7.32. The zero-order valence-electron chi connectivity index (χ0n) is 17.7. The summed E-state index contributed by atoms with van der Waals surface area (Å²) in [7, 11) is 0. The lowest BCUT2D eigenvalue weighted by molar-refractivity contribution is 0.0682. The summed E-state index contributed by atoms with van der Waals surface area (Å²) in [6, 6.07) is 23.0. The second kappa shape index (κ2) is 10.2. The van der Waals surface area contributed by atoms with E-state index in [-0.39, 0.29) is 11.1 Å². The molecule has 0 saturated heterocycles. The number of carbonyl (C=O) groups is 3. The summed E-state index contributed by atoms with van der Waals surface area (Å²) in [5, 5.41) is 27.4. The Hall–Kier alpha value is -4.52. The fourth-order valence-corrected chi connectivity index (χ4v) is 3.22. The first-order chi connectivity index (χ1) is 15.7. The fourth-order valence-electron chi connectivity index (χ4n) is 3.22. The lowest BCUT2D eigenvalue weighted by atomic mass is 10.1.